The van der Waals surface area contributed by atoms with Gasteiger partial charge in [0.15, 0.2) is 0 Å². The molecule has 0 aromatic rings. The average molecular weight is 242 g/mol. The van der Waals surface area contributed by atoms with Gasteiger partial charge < -0.3 is 15.0 Å². The van der Waals surface area contributed by atoms with Crippen molar-refractivity contribution in [2.75, 3.05) is 20.2 Å². The van der Waals surface area contributed by atoms with E-state index < -0.39 is 6.10 Å². The van der Waals surface area contributed by atoms with Crippen LogP contribution in [-0.4, -0.2) is 49.1 Å². The van der Waals surface area contributed by atoms with E-state index in [4.69, 9.17) is 4.74 Å². The molecule has 0 aromatic heterocycles. The Balaban J connectivity index is 2.70. The summed E-state index contributed by atoms with van der Waals surface area (Å²) in [6.07, 6.45) is 2.22. The monoisotopic (exact) mass is 242 g/mol. The van der Waals surface area contributed by atoms with Crippen molar-refractivity contribution in [1.82, 2.24) is 10.2 Å². The minimum Gasteiger partial charge on any atom is -0.369 e. The molecule has 98 valence electrons. The maximum Gasteiger partial charge on any atom is 0.252 e. The Labute approximate surface area is 102 Å². The molecule has 0 radical (unpaired) electrons. The molecule has 0 bridgehead atoms. The molecule has 1 heterocycles. The van der Waals surface area contributed by atoms with E-state index in [2.05, 4.69) is 5.32 Å². The van der Waals surface area contributed by atoms with E-state index in [1.165, 1.54) is 0 Å². The smallest absolute Gasteiger partial charge is 0.252 e. The summed E-state index contributed by atoms with van der Waals surface area (Å²) in [5.41, 5.74) is 0. The van der Waals surface area contributed by atoms with Gasteiger partial charge in [-0.3, -0.25) is 9.59 Å². The predicted molar refractivity (Wildman–Crippen MR) is 64.5 cm³/mol. The van der Waals surface area contributed by atoms with Gasteiger partial charge in [0, 0.05) is 20.2 Å². The largest absolute Gasteiger partial charge is 0.369 e. The molecule has 0 saturated carbocycles. The average Bonchev–Trinajstić information content (AvgIpc) is 2.37. The number of nitrogens with zero attached hydrogens (tertiary/aromatic N) is 1. The number of rotatable bonds is 4. The second kappa shape index (κ2) is 6.59. The lowest BCUT2D eigenvalue weighted by Crippen LogP contribution is -2.53. The number of carbonyl (C=O) groups excluding carboxylic acids is 2. The summed E-state index contributed by atoms with van der Waals surface area (Å²) in [5, 5.41) is 2.62. The van der Waals surface area contributed by atoms with Gasteiger partial charge in [-0.1, -0.05) is 0 Å². The third kappa shape index (κ3) is 3.43. The molecule has 0 unspecified atom stereocenters. The first-order valence-corrected chi connectivity index (χ1v) is 6.25. The molecule has 1 rings (SSSR count). The molecule has 0 aliphatic carbocycles. The maximum absolute atomic E-state index is 12.1. The van der Waals surface area contributed by atoms with E-state index in [9.17, 15) is 9.59 Å². The Bertz CT molecular complexity index is 281. The first kappa shape index (κ1) is 14.0. The highest BCUT2D eigenvalue weighted by Gasteiger charge is 2.33. The quantitative estimate of drug-likeness (QED) is 0.782. The van der Waals surface area contributed by atoms with E-state index in [0.29, 0.717) is 13.2 Å². The van der Waals surface area contributed by atoms with Crippen LogP contribution in [-0.2, 0) is 14.3 Å². The standard InChI is InChI=1S/C12H22N2O3/c1-4-17-9(2)12(16)14-8-6-5-7-10(14)11(15)13-3/h9-10H,4-8H2,1-3H3,(H,13,15)/t9-,10-/m0/s1. The van der Waals surface area contributed by atoms with Crippen LogP contribution in [0.15, 0.2) is 0 Å². The van der Waals surface area contributed by atoms with Crippen molar-refractivity contribution in [2.45, 2.75) is 45.3 Å². The SMILES string of the molecule is CCO[C@@H](C)C(=O)N1CCCC[C@H]1C(=O)NC. The number of hydrogen-bond donors (Lipinski definition) is 1. The molecule has 1 N–H and O–H groups in total. The summed E-state index contributed by atoms with van der Waals surface area (Å²) in [5.74, 6) is -0.165. The van der Waals surface area contributed by atoms with Gasteiger partial charge in [-0.2, -0.15) is 0 Å². The molecule has 0 aromatic carbocycles. The molecule has 2 atom stereocenters. The predicted octanol–water partition coefficient (Wildman–Crippen LogP) is 0.539. The Hall–Kier alpha value is -1.10. The number of hydrogen-bond acceptors (Lipinski definition) is 3. The molecular weight excluding hydrogens is 220 g/mol. The van der Waals surface area contributed by atoms with Gasteiger partial charge >= 0.3 is 0 Å². The second-order valence-corrected chi connectivity index (χ2v) is 4.26. The van der Waals surface area contributed by atoms with E-state index >= 15 is 0 Å². The van der Waals surface area contributed by atoms with Crippen LogP contribution in [0.2, 0.25) is 0 Å². The van der Waals surface area contributed by atoms with Gasteiger partial charge in [-0.25, -0.2) is 0 Å². The van der Waals surface area contributed by atoms with Crippen molar-refractivity contribution >= 4 is 11.8 Å². The molecule has 1 aliphatic heterocycles. The number of piperidine rings is 1. The summed E-state index contributed by atoms with van der Waals surface area (Å²) in [4.78, 5) is 25.5. The fraction of sp³-hybridized carbons (Fsp3) is 0.833. The first-order chi connectivity index (χ1) is 8.11. The van der Waals surface area contributed by atoms with Crippen molar-refractivity contribution < 1.29 is 14.3 Å². The van der Waals surface area contributed by atoms with Crippen molar-refractivity contribution in [3.05, 3.63) is 0 Å². The van der Waals surface area contributed by atoms with Gasteiger partial charge in [-0.15, -0.1) is 0 Å². The molecule has 0 spiro atoms. The minimum absolute atomic E-state index is 0.0817. The highest BCUT2D eigenvalue weighted by atomic mass is 16.5. The summed E-state index contributed by atoms with van der Waals surface area (Å²) >= 11 is 0. The number of nitrogens with one attached hydrogen (secondary N) is 1. The lowest BCUT2D eigenvalue weighted by Gasteiger charge is -2.35. The van der Waals surface area contributed by atoms with Crippen LogP contribution in [0.25, 0.3) is 0 Å². The van der Waals surface area contributed by atoms with Crippen molar-refractivity contribution in [3.8, 4) is 0 Å². The zero-order chi connectivity index (χ0) is 12.8. The Morgan fingerprint density at radius 2 is 2.18 bits per heavy atom. The van der Waals surface area contributed by atoms with Crippen LogP contribution < -0.4 is 5.32 Å². The summed E-state index contributed by atoms with van der Waals surface area (Å²) in [6, 6.07) is -0.329. The highest BCUT2D eigenvalue weighted by Crippen LogP contribution is 2.18. The van der Waals surface area contributed by atoms with E-state index in [0.717, 1.165) is 19.3 Å². The van der Waals surface area contributed by atoms with Gasteiger partial charge in [0.05, 0.1) is 0 Å². The number of carbonyl (C=O) groups is 2. The summed E-state index contributed by atoms with van der Waals surface area (Å²) in [7, 11) is 1.60. The molecule has 1 saturated heterocycles. The van der Waals surface area contributed by atoms with Crippen LogP contribution >= 0.6 is 0 Å². The number of amides is 2. The fourth-order valence-corrected chi connectivity index (χ4v) is 2.19. The first-order valence-electron chi connectivity index (χ1n) is 6.25. The molecule has 17 heavy (non-hydrogen) atoms. The number of likely N-dealkylation sites (tertiary alicyclic amines) is 1. The van der Waals surface area contributed by atoms with Crippen LogP contribution in [0, 0.1) is 0 Å². The lowest BCUT2D eigenvalue weighted by molar-refractivity contribution is -0.150. The maximum atomic E-state index is 12.1. The zero-order valence-corrected chi connectivity index (χ0v) is 10.9. The zero-order valence-electron chi connectivity index (χ0n) is 10.9. The third-order valence-corrected chi connectivity index (χ3v) is 3.10. The fourth-order valence-electron chi connectivity index (χ4n) is 2.19. The van der Waals surface area contributed by atoms with Crippen molar-refractivity contribution in [3.63, 3.8) is 0 Å². The van der Waals surface area contributed by atoms with E-state index in [-0.39, 0.29) is 17.9 Å². The lowest BCUT2D eigenvalue weighted by atomic mass is 10.0. The molecule has 5 nitrogen and oxygen atoms in total. The third-order valence-electron chi connectivity index (χ3n) is 3.10. The molecular formula is C12H22N2O3. The second-order valence-electron chi connectivity index (χ2n) is 4.26. The van der Waals surface area contributed by atoms with E-state index in [1.54, 1.807) is 18.9 Å². The Kier molecular flexibility index (Phi) is 5.41. The normalized spacial score (nSPS) is 22.1. The van der Waals surface area contributed by atoms with E-state index in [1.807, 2.05) is 6.92 Å². The van der Waals surface area contributed by atoms with Crippen LogP contribution in [0.5, 0.6) is 0 Å². The highest BCUT2D eigenvalue weighted by molar-refractivity contribution is 5.89. The molecule has 5 heteroatoms. The summed E-state index contributed by atoms with van der Waals surface area (Å²) < 4.78 is 5.30. The van der Waals surface area contributed by atoms with Crippen LogP contribution in [0.4, 0.5) is 0 Å². The summed E-state index contributed by atoms with van der Waals surface area (Å²) in [6.45, 7) is 4.75. The van der Waals surface area contributed by atoms with Gasteiger partial charge in [0.1, 0.15) is 12.1 Å². The van der Waals surface area contributed by atoms with Crippen molar-refractivity contribution in [2.24, 2.45) is 0 Å². The topological polar surface area (TPSA) is 58.6 Å². The molecule has 2 amide bonds. The number of likely N-dealkylation sites (N-methyl/N-ethyl adjacent to an activating group) is 1. The van der Waals surface area contributed by atoms with Gasteiger partial charge in [0.25, 0.3) is 5.91 Å². The van der Waals surface area contributed by atoms with Crippen molar-refractivity contribution in [1.29, 1.82) is 0 Å². The molecule has 1 fully saturated rings. The van der Waals surface area contributed by atoms with Gasteiger partial charge in [-0.05, 0) is 33.1 Å². The van der Waals surface area contributed by atoms with Crippen LogP contribution in [0.3, 0.4) is 0 Å². The van der Waals surface area contributed by atoms with Gasteiger partial charge in [0.2, 0.25) is 5.91 Å². The minimum atomic E-state index is -0.467. The number of ether oxygens (including phenoxy) is 1. The Morgan fingerprint density at radius 1 is 1.47 bits per heavy atom. The molecule has 1 aliphatic rings. The Morgan fingerprint density at radius 3 is 2.76 bits per heavy atom. The van der Waals surface area contributed by atoms with Crippen LogP contribution in [0.1, 0.15) is 33.1 Å².